The Kier molecular flexibility index (Phi) is 12.7. The van der Waals surface area contributed by atoms with E-state index in [0.717, 1.165) is 12.8 Å². The predicted octanol–water partition coefficient (Wildman–Crippen LogP) is 5.80. The van der Waals surface area contributed by atoms with Gasteiger partial charge in [0.2, 0.25) is 0 Å². The number of carbonyl (C=O) groups is 1. The molecule has 15 nitrogen and oxygen atoms in total. The van der Waals surface area contributed by atoms with Crippen molar-refractivity contribution in [2.75, 3.05) is 11.1 Å². The van der Waals surface area contributed by atoms with Crippen LogP contribution in [0.4, 0.5) is 16.4 Å². The number of aliphatic hydroxyl groups excluding tert-OH is 1. The molecule has 3 aliphatic heterocycles. The van der Waals surface area contributed by atoms with Gasteiger partial charge in [-0.3, -0.25) is 14.5 Å². The van der Waals surface area contributed by atoms with Crippen molar-refractivity contribution in [2.45, 2.75) is 167 Å². The van der Waals surface area contributed by atoms with Gasteiger partial charge in [0.1, 0.15) is 30.7 Å². The average Bonchev–Trinajstić information content (AvgIpc) is 3.62. The zero-order valence-corrected chi connectivity index (χ0v) is 34.9. The molecule has 17 heteroatoms. The number of aromatic nitrogens is 4. The molecule has 0 aliphatic carbocycles. The lowest BCUT2D eigenvalue weighted by atomic mass is 10.1. The summed E-state index contributed by atoms with van der Waals surface area (Å²) in [6.07, 6.45) is 4.26. The lowest BCUT2D eigenvalue weighted by Gasteiger charge is -2.39. The molecule has 4 N–H and O–H groups in total. The fourth-order valence-electron chi connectivity index (χ4n) is 5.88. The predicted molar refractivity (Wildman–Crippen MR) is 203 cm³/mol. The Morgan fingerprint density at radius 1 is 0.846 bits per heavy atom. The molecule has 0 radical (unpaired) electrons. The Bertz CT molecular complexity index is 1700. The van der Waals surface area contributed by atoms with E-state index >= 15 is 0 Å². The highest BCUT2D eigenvalue weighted by Crippen LogP contribution is 2.43. The summed E-state index contributed by atoms with van der Waals surface area (Å²) < 4.78 is 33.2. The van der Waals surface area contributed by atoms with Crippen LogP contribution >= 0.6 is 0 Å². The van der Waals surface area contributed by atoms with Crippen molar-refractivity contribution in [3.8, 4) is 0 Å². The normalized spacial score (nSPS) is 25.2. The number of amides is 1. The minimum atomic E-state index is -1.95. The van der Waals surface area contributed by atoms with E-state index in [4.69, 9.17) is 28.8 Å². The van der Waals surface area contributed by atoms with E-state index in [-0.39, 0.29) is 59.3 Å². The molecule has 2 aromatic rings. The van der Waals surface area contributed by atoms with Gasteiger partial charge < -0.3 is 33.9 Å². The van der Waals surface area contributed by atoms with E-state index in [2.05, 4.69) is 96.9 Å². The largest absolute Gasteiger partial charge is 0.444 e. The molecule has 3 aliphatic rings. The summed E-state index contributed by atoms with van der Waals surface area (Å²) in [5.74, 6) is 0.314. The maximum Gasteiger partial charge on any atom is 0.413 e. The Morgan fingerprint density at radius 3 is 1.75 bits per heavy atom. The van der Waals surface area contributed by atoms with E-state index in [1.54, 1.807) is 6.20 Å². The van der Waals surface area contributed by atoms with Crippen LogP contribution in [0.2, 0.25) is 36.3 Å². The molecule has 0 spiro atoms. The topological polar surface area (TPSA) is 191 Å². The highest BCUT2D eigenvalue weighted by atomic mass is 28.4. The molecule has 6 atom stereocenters. The Balaban J connectivity index is 0.000000234. The lowest BCUT2D eigenvalue weighted by molar-refractivity contribution is -0.0199. The van der Waals surface area contributed by atoms with Gasteiger partial charge in [-0.05, 0) is 49.1 Å². The van der Waals surface area contributed by atoms with Gasteiger partial charge in [-0.2, -0.15) is 9.97 Å². The Hall–Kier alpha value is -2.94. The molecule has 0 aromatic carbocycles. The first-order chi connectivity index (χ1) is 24.0. The Labute approximate surface area is 308 Å². The molecule has 2 fully saturated rings. The van der Waals surface area contributed by atoms with Gasteiger partial charge in [-0.1, -0.05) is 55.4 Å². The first-order valence-corrected chi connectivity index (χ1v) is 24.0. The van der Waals surface area contributed by atoms with E-state index in [9.17, 15) is 19.5 Å². The van der Waals surface area contributed by atoms with Gasteiger partial charge >= 0.3 is 17.5 Å². The van der Waals surface area contributed by atoms with E-state index < -0.39 is 46.6 Å². The molecule has 1 amide bonds. The number of nitrogens with two attached hydrogens (primary N) is 1. The number of nitrogens with one attached hydrogen (secondary N) is 1. The number of rotatable bonds is 9. The van der Waals surface area contributed by atoms with Gasteiger partial charge in [0.15, 0.2) is 16.6 Å². The molecule has 2 aromatic heterocycles. The van der Waals surface area contributed by atoms with Gasteiger partial charge in [-0.25, -0.2) is 14.4 Å². The number of nitrogens with zero attached hydrogens (tertiary/aromatic N) is 4. The number of anilines is 2. The summed E-state index contributed by atoms with van der Waals surface area (Å²) in [5, 5.41) is 12.0. The maximum atomic E-state index is 12.5. The zero-order valence-electron chi connectivity index (χ0n) is 32.9. The van der Waals surface area contributed by atoms with Crippen molar-refractivity contribution in [3.05, 3.63) is 44.5 Å². The first kappa shape index (κ1) is 41.8. The second-order valence-corrected chi connectivity index (χ2v) is 26.4. The van der Waals surface area contributed by atoms with Crippen molar-refractivity contribution in [2.24, 2.45) is 0 Å². The summed E-state index contributed by atoms with van der Waals surface area (Å²) in [7, 11) is -3.90. The highest BCUT2D eigenvalue weighted by molar-refractivity contribution is 6.74. The number of fused-ring (bicyclic) bond motifs is 1. The van der Waals surface area contributed by atoms with Gasteiger partial charge in [-0.15, -0.1) is 0 Å². The fraction of sp³-hybridized carbons (Fsp3) is 0.743. The van der Waals surface area contributed by atoms with Crippen molar-refractivity contribution in [1.29, 1.82) is 0 Å². The van der Waals surface area contributed by atoms with E-state index in [1.165, 1.54) is 15.3 Å². The molecule has 5 heterocycles. The van der Waals surface area contributed by atoms with Crippen LogP contribution in [0.5, 0.6) is 0 Å². The van der Waals surface area contributed by atoms with Gasteiger partial charge in [0.05, 0.1) is 31.0 Å². The van der Waals surface area contributed by atoms with Crippen LogP contribution in [0.25, 0.3) is 0 Å². The van der Waals surface area contributed by atoms with Gasteiger partial charge in [0, 0.05) is 36.4 Å². The number of hydrogen-bond donors (Lipinski definition) is 3. The molecule has 0 saturated carbocycles. The molecule has 5 rings (SSSR count). The zero-order chi connectivity index (χ0) is 39.0. The van der Waals surface area contributed by atoms with E-state index in [0.29, 0.717) is 24.0 Å². The summed E-state index contributed by atoms with van der Waals surface area (Å²) in [5.41, 5.74) is 5.82. The maximum absolute atomic E-state index is 12.5. The van der Waals surface area contributed by atoms with Gasteiger partial charge in [0.25, 0.3) is 0 Å². The smallest absolute Gasteiger partial charge is 0.413 e. The second-order valence-electron chi connectivity index (χ2n) is 16.9. The van der Waals surface area contributed by atoms with Crippen LogP contribution < -0.4 is 22.4 Å². The number of hydrogen-bond acceptors (Lipinski definition) is 12. The van der Waals surface area contributed by atoms with Crippen LogP contribution in [0, 0.1) is 0 Å². The van der Waals surface area contributed by atoms with Crippen molar-refractivity contribution < 1.29 is 33.0 Å². The first-order valence-electron chi connectivity index (χ1n) is 18.2. The summed E-state index contributed by atoms with van der Waals surface area (Å²) in [6.45, 7) is 26.0. The van der Waals surface area contributed by atoms with Crippen molar-refractivity contribution in [1.82, 2.24) is 19.1 Å². The van der Waals surface area contributed by atoms with Crippen LogP contribution in [-0.4, -0.2) is 71.4 Å². The fourth-order valence-corrected chi connectivity index (χ4v) is 8.60. The number of ether oxygens (including phenoxy) is 3. The van der Waals surface area contributed by atoms with Crippen LogP contribution in [0.15, 0.2) is 22.0 Å². The number of nitrogen functional groups attached to an aromatic ring is 1. The SMILES string of the molecule is CC[C@H]1O[C@@H](n2cc(CO)c(N)nc2=O)C[C@H]1O[Si](C)(C)C(C)(C)C.CC[C@H]1O[C@@H](n2cc3c(nc2=O)NC(=O)OC3)C[C@H]1O[Si](C)(C)C(C)(C)C. The molecular weight excluding hydrogens is 705 g/mol. The third-order valence-corrected chi connectivity index (χ3v) is 20.1. The van der Waals surface area contributed by atoms with Crippen molar-refractivity contribution >= 4 is 34.4 Å². The summed E-state index contributed by atoms with van der Waals surface area (Å²) in [4.78, 5) is 43.8. The number of carbonyl (C=O) groups excluding carboxylic acids is 1. The minimum absolute atomic E-state index is 0.0558. The summed E-state index contributed by atoms with van der Waals surface area (Å²) >= 11 is 0. The minimum Gasteiger partial charge on any atom is -0.444 e. The van der Waals surface area contributed by atoms with E-state index in [1.807, 2.05) is 0 Å². The van der Waals surface area contributed by atoms with Crippen LogP contribution in [0.1, 0.15) is 105 Å². The average molecular weight is 765 g/mol. The molecule has 52 heavy (non-hydrogen) atoms. The van der Waals surface area contributed by atoms with Crippen molar-refractivity contribution in [3.63, 3.8) is 0 Å². The summed E-state index contributed by atoms with van der Waals surface area (Å²) in [6, 6.07) is 0. The standard InChI is InChI=1S/C18H29N3O5Si.C17H31N3O4Si/c1-7-12-13(26-27(5,6)18(2,3)4)8-14(25-12)21-9-11-10-24-17(23)20-15(11)19-16(21)22;1-7-12-13(24-25(5,6)17(2,3)4)8-14(23-12)20-9-11(10-21)15(18)19-16(20)22/h9,12-14H,7-8,10H2,1-6H3,(H,19,20,22,23);9,12-14,21H,7-8,10H2,1-6H3,(H2,18,19,22)/t2*12-,13-,14-/m11/s1. The molecular formula is C35H60N6O9Si2. The monoisotopic (exact) mass is 764 g/mol. The van der Waals surface area contributed by atoms with Crippen LogP contribution in [0.3, 0.4) is 0 Å². The molecule has 0 bridgehead atoms. The third-order valence-electron chi connectivity index (χ3n) is 11.1. The Morgan fingerprint density at radius 2 is 1.31 bits per heavy atom. The number of aliphatic hydroxyl groups is 1. The second kappa shape index (κ2) is 15.8. The van der Waals surface area contributed by atoms with Crippen LogP contribution in [-0.2, 0) is 36.3 Å². The lowest BCUT2D eigenvalue weighted by Crippen LogP contribution is -2.45. The highest BCUT2D eigenvalue weighted by Gasteiger charge is 2.46. The quantitative estimate of drug-likeness (QED) is 0.261. The molecule has 0 unspecified atom stereocenters. The third kappa shape index (κ3) is 9.22. The molecule has 292 valence electrons. The number of cyclic esters (lactones) is 1. The molecule has 2 saturated heterocycles.